The fourth-order valence-corrected chi connectivity index (χ4v) is 2.51. The Kier molecular flexibility index (Phi) is 4.73. The summed E-state index contributed by atoms with van der Waals surface area (Å²) in [6.07, 6.45) is 1.78. The number of ether oxygens (including phenoxy) is 2. The summed E-state index contributed by atoms with van der Waals surface area (Å²) in [4.78, 5) is 4.33. The van der Waals surface area contributed by atoms with Crippen molar-refractivity contribution in [2.75, 3.05) is 19.5 Å². The number of benzene rings is 1. The largest absolute Gasteiger partial charge is 0.495 e. The Morgan fingerprint density at radius 1 is 1.15 bits per heavy atom. The molecular weight excluding hydrogens is 344 g/mol. The minimum Gasteiger partial charge on any atom is -0.495 e. The van der Waals surface area contributed by atoms with Gasteiger partial charge in [0.2, 0.25) is 0 Å². The van der Waals surface area contributed by atoms with E-state index in [9.17, 15) is 0 Å². The van der Waals surface area contributed by atoms with Gasteiger partial charge in [0.25, 0.3) is 0 Å². The Balaban J connectivity index is 2.40. The predicted octanol–water partition coefficient (Wildman–Crippen LogP) is 4.57. The first kappa shape index (κ1) is 14.9. The molecule has 20 heavy (non-hydrogen) atoms. The predicted molar refractivity (Wildman–Crippen MR) is 84.5 cm³/mol. The van der Waals surface area contributed by atoms with Crippen LogP contribution in [0.25, 0.3) is 0 Å². The van der Waals surface area contributed by atoms with Crippen LogP contribution in [-0.4, -0.2) is 19.2 Å². The summed E-state index contributed by atoms with van der Waals surface area (Å²) in [5, 5.41) is 3.69. The summed E-state index contributed by atoms with van der Waals surface area (Å²) in [5.41, 5.74) is 1.79. The number of nitrogens with one attached hydrogen (secondary N) is 1. The van der Waals surface area contributed by atoms with Crippen LogP contribution >= 0.6 is 27.5 Å². The lowest BCUT2D eigenvalue weighted by atomic mass is 10.2. The van der Waals surface area contributed by atoms with Gasteiger partial charge in [-0.15, -0.1) is 0 Å². The average Bonchev–Trinajstić information content (AvgIpc) is 2.42. The van der Waals surface area contributed by atoms with E-state index in [4.69, 9.17) is 21.1 Å². The van der Waals surface area contributed by atoms with Gasteiger partial charge >= 0.3 is 0 Å². The first-order valence-corrected chi connectivity index (χ1v) is 7.03. The van der Waals surface area contributed by atoms with E-state index in [1.165, 1.54) is 0 Å². The van der Waals surface area contributed by atoms with E-state index in [1.54, 1.807) is 32.5 Å². The number of aryl methyl sites for hydroxylation is 1. The van der Waals surface area contributed by atoms with Crippen molar-refractivity contribution in [3.63, 3.8) is 0 Å². The first-order valence-electron chi connectivity index (χ1n) is 5.86. The lowest BCUT2D eigenvalue weighted by molar-refractivity contribution is 0.396. The van der Waals surface area contributed by atoms with E-state index in [0.717, 1.165) is 15.7 Å². The number of halogens is 2. The van der Waals surface area contributed by atoms with Gasteiger partial charge in [0.15, 0.2) is 0 Å². The summed E-state index contributed by atoms with van der Waals surface area (Å²) in [6.45, 7) is 1.98. The molecule has 1 aromatic heterocycles. The SMILES string of the molecule is COc1cc(OC)c(Nc2ncc(C)cc2Br)cc1Cl. The summed E-state index contributed by atoms with van der Waals surface area (Å²) in [7, 11) is 3.15. The number of methoxy groups -OCH3 is 2. The van der Waals surface area contributed by atoms with Crippen molar-refractivity contribution in [2.45, 2.75) is 6.92 Å². The first-order chi connectivity index (χ1) is 9.55. The molecule has 1 aromatic carbocycles. The molecule has 2 aromatic rings. The molecule has 0 fully saturated rings. The van der Waals surface area contributed by atoms with Crippen LogP contribution in [-0.2, 0) is 0 Å². The van der Waals surface area contributed by atoms with Crippen LogP contribution < -0.4 is 14.8 Å². The molecule has 0 unspecified atom stereocenters. The van der Waals surface area contributed by atoms with Crippen molar-refractivity contribution < 1.29 is 9.47 Å². The molecular formula is C14H14BrClN2O2. The van der Waals surface area contributed by atoms with Gasteiger partial charge in [-0.3, -0.25) is 0 Å². The Morgan fingerprint density at radius 2 is 1.85 bits per heavy atom. The second-order valence-corrected chi connectivity index (χ2v) is 5.42. The van der Waals surface area contributed by atoms with Crippen molar-refractivity contribution in [1.82, 2.24) is 4.98 Å². The van der Waals surface area contributed by atoms with Gasteiger partial charge < -0.3 is 14.8 Å². The summed E-state index contributed by atoms with van der Waals surface area (Å²) >= 11 is 9.61. The van der Waals surface area contributed by atoms with Crippen LogP contribution in [0.4, 0.5) is 11.5 Å². The quantitative estimate of drug-likeness (QED) is 0.870. The van der Waals surface area contributed by atoms with Gasteiger partial charge in [-0.05, 0) is 40.5 Å². The number of hydrogen-bond donors (Lipinski definition) is 1. The lowest BCUT2D eigenvalue weighted by Gasteiger charge is -2.14. The highest BCUT2D eigenvalue weighted by Crippen LogP contribution is 2.38. The van der Waals surface area contributed by atoms with Gasteiger partial charge in [-0.2, -0.15) is 0 Å². The Hall–Kier alpha value is -1.46. The van der Waals surface area contributed by atoms with Gasteiger partial charge in [-0.1, -0.05) is 11.6 Å². The summed E-state index contributed by atoms with van der Waals surface area (Å²) < 4.78 is 11.4. The molecule has 4 nitrogen and oxygen atoms in total. The fourth-order valence-electron chi connectivity index (χ4n) is 1.71. The van der Waals surface area contributed by atoms with Crippen molar-refractivity contribution >= 4 is 39.0 Å². The van der Waals surface area contributed by atoms with Crippen LogP contribution in [0, 0.1) is 6.92 Å². The van der Waals surface area contributed by atoms with E-state index in [1.807, 2.05) is 13.0 Å². The van der Waals surface area contributed by atoms with E-state index < -0.39 is 0 Å². The van der Waals surface area contributed by atoms with E-state index in [2.05, 4.69) is 26.2 Å². The maximum Gasteiger partial charge on any atom is 0.146 e. The van der Waals surface area contributed by atoms with Crippen LogP contribution in [0.5, 0.6) is 11.5 Å². The number of rotatable bonds is 4. The second kappa shape index (κ2) is 6.33. The van der Waals surface area contributed by atoms with Gasteiger partial charge in [0.1, 0.15) is 17.3 Å². The molecule has 0 atom stereocenters. The zero-order valence-electron chi connectivity index (χ0n) is 11.3. The van der Waals surface area contributed by atoms with Gasteiger partial charge in [0, 0.05) is 12.3 Å². The summed E-state index contributed by atoms with van der Waals surface area (Å²) in [6, 6.07) is 5.45. The standard InChI is InChI=1S/C14H14BrClN2O2/c1-8-4-9(15)14(17-7-8)18-11-5-10(16)12(19-2)6-13(11)20-3/h4-7H,1-3H3,(H,17,18). The fraction of sp³-hybridized carbons (Fsp3) is 0.214. The van der Waals surface area contributed by atoms with Crippen LogP contribution in [0.1, 0.15) is 5.56 Å². The molecule has 6 heteroatoms. The van der Waals surface area contributed by atoms with Crippen LogP contribution in [0.15, 0.2) is 28.9 Å². The topological polar surface area (TPSA) is 43.4 Å². The highest BCUT2D eigenvalue weighted by molar-refractivity contribution is 9.10. The maximum absolute atomic E-state index is 6.14. The molecule has 0 spiro atoms. The molecule has 2 rings (SSSR count). The zero-order valence-corrected chi connectivity index (χ0v) is 13.7. The van der Waals surface area contributed by atoms with E-state index in [-0.39, 0.29) is 0 Å². The Bertz CT molecular complexity index is 635. The van der Waals surface area contributed by atoms with Crippen molar-refractivity contribution in [3.05, 3.63) is 39.5 Å². The average molecular weight is 358 g/mol. The smallest absolute Gasteiger partial charge is 0.146 e. The lowest BCUT2D eigenvalue weighted by Crippen LogP contribution is -1.99. The van der Waals surface area contributed by atoms with E-state index >= 15 is 0 Å². The second-order valence-electron chi connectivity index (χ2n) is 4.16. The monoisotopic (exact) mass is 356 g/mol. The third-order valence-corrected chi connectivity index (χ3v) is 3.60. The third kappa shape index (κ3) is 3.16. The molecule has 0 saturated heterocycles. The molecule has 0 radical (unpaired) electrons. The number of aromatic nitrogens is 1. The van der Waals surface area contributed by atoms with Crippen molar-refractivity contribution in [3.8, 4) is 11.5 Å². The zero-order chi connectivity index (χ0) is 14.7. The van der Waals surface area contributed by atoms with Gasteiger partial charge in [0.05, 0.1) is 29.4 Å². The highest BCUT2D eigenvalue weighted by atomic mass is 79.9. The molecule has 0 saturated carbocycles. The molecule has 0 bridgehead atoms. The van der Waals surface area contributed by atoms with Crippen LogP contribution in [0.2, 0.25) is 5.02 Å². The molecule has 0 aliphatic carbocycles. The number of anilines is 2. The normalized spacial score (nSPS) is 10.2. The van der Waals surface area contributed by atoms with E-state index in [0.29, 0.717) is 22.3 Å². The van der Waals surface area contributed by atoms with Crippen LogP contribution in [0.3, 0.4) is 0 Å². The molecule has 106 valence electrons. The molecule has 0 aliphatic heterocycles. The number of nitrogens with zero attached hydrogens (tertiary/aromatic N) is 1. The Morgan fingerprint density at radius 3 is 2.45 bits per heavy atom. The molecule has 1 N–H and O–H groups in total. The van der Waals surface area contributed by atoms with Crippen molar-refractivity contribution in [1.29, 1.82) is 0 Å². The highest BCUT2D eigenvalue weighted by Gasteiger charge is 2.12. The third-order valence-electron chi connectivity index (χ3n) is 2.70. The van der Waals surface area contributed by atoms with Crippen molar-refractivity contribution in [2.24, 2.45) is 0 Å². The number of hydrogen-bond acceptors (Lipinski definition) is 4. The maximum atomic E-state index is 6.14. The van der Waals surface area contributed by atoms with Gasteiger partial charge in [-0.25, -0.2) is 4.98 Å². The molecule has 1 heterocycles. The summed E-state index contributed by atoms with van der Waals surface area (Å²) in [5.74, 6) is 1.88. The Labute approximate surface area is 131 Å². The number of pyridine rings is 1. The molecule has 0 aliphatic rings. The molecule has 0 amide bonds. The minimum absolute atomic E-state index is 0.499. The minimum atomic E-state index is 0.499.